The van der Waals surface area contributed by atoms with Crippen LogP contribution in [0.1, 0.15) is 22.8 Å². The van der Waals surface area contributed by atoms with Crippen LogP contribution in [0.3, 0.4) is 0 Å². The summed E-state index contributed by atoms with van der Waals surface area (Å²) in [5, 5.41) is 7.33. The summed E-state index contributed by atoms with van der Waals surface area (Å²) in [6, 6.07) is 10.0. The number of hydrogen-bond donors (Lipinski definition) is 2. The molecular weight excluding hydrogens is 357 g/mol. The van der Waals surface area contributed by atoms with Crippen LogP contribution in [0.4, 0.5) is 4.39 Å². The van der Waals surface area contributed by atoms with Crippen molar-refractivity contribution in [3.63, 3.8) is 0 Å². The van der Waals surface area contributed by atoms with Crippen molar-refractivity contribution in [2.24, 2.45) is 5.10 Å². The maximum Gasteiger partial charge on any atom is 0.343 e. The molecule has 0 fully saturated rings. The molecule has 0 saturated carbocycles. The minimum absolute atomic E-state index is 0.236. The van der Waals surface area contributed by atoms with Gasteiger partial charge in [0.25, 0.3) is 0 Å². The molecule has 2 aromatic carbocycles. The molecule has 2 N–H and O–H groups in total. The quantitative estimate of drug-likeness (QED) is 0.266. The van der Waals surface area contributed by atoms with Crippen molar-refractivity contribution in [2.45, 2.75) is 6.92 Å². The van der Waals surface area contributed by atoms with E-state index in [1.165, 1.54) is 31.4 Å². The molecule has 0 bridgehead atoms. The summed E-state index contributed by atoms with van der Waals surface area (Å²) >= 11 is 5.00. The van der Waals surface area contributed by atoms with Crippen LogP contribution in [0, 0.1) is 5.82 Å². The van der Waals surface area contributed by atoms with Gasteiger partial charge in [0, 0.05) is 6.54 Å². The molecular formula is C18H18FN3O3S. The minimum Gasteiger partial charge on any atom is -0.493 e. The predicted molar refractivity (Wildman–Crippen MR) is 101 cm³/mol. The Morgan fingerprint density at radius 3 is 2.62 bits per heavy atom. The van der Waals surface area contributed by atoms with Crippen molar-refractivity contribution in [3.8, 4) is 11.5 Å². The van der Waals surface area contributed by atoms with Crippen molar-refractivity contribution in [1.29, 1.82) is 0 Å². The van der Waals surface area contributed by atoms with Gasteiger partial charge in [-0.1, -0.05) is 0 Å². The number of nitrogens with one attached hydrogen (secondary N) is 2. The summed E-state index contributed by atoms with van der Waals surface area (Å²) in [4.78, 5) is 12.1. The van der Waals surface area contributed by atoms with Crippen molar-refractivity contribution in [3.05, 3.63) is 59.4 Å². The first-order valence-corrected chi connectivity index (χ1v) is 8.17. The lowest BCUT2D eigenvalue weighted by atomic mass is 10.2. The third kappa shape index (κ3) is 5.52. The number of hydrazone groups is 1. The average Bonchev–Trinajstić information content (AvgIpc) is 2.63. The molecule has 2 aromatic rings. The van der Waals surface area contributed by atoms with E-state index in [9.17, 15) is 9.18 Å². The molecule has 0 aliphatic rings. The van der Waals surface area contributed by atoms with Gasteiger partial charge in [0.15, 0.2) is 16.6 Å². The summed E-state index contributed by atoms with van der Waals surface area (Å²) in [5.74, 6) is -0.429. The Bertz CT molecular complexity index is 810. The van der Waals surface area contributed by atoms with E-state index in [0.717, 1.165) is 5.56 Å². The number of halogens is 1. The number of thiocarbonyl (C=S) groups is 1. The maximum atomic E-state index is 12.9. The van der Waals surface area contributed by atoms with Crippen molar-refractivity contribution < 1.29 is 18.7 Å². The highest BCUT2D eigenvalue weighted by Crippen LogP contribution is 2.28. The summed E-state index contributed by atoms with van der Waals surface area (Å²) in [7, 11) is 1.46. The number of nitrogens with zero attached hydrogens (tertiary/aromatic N) is 1. The normalized spacial score (nSPS) is 10.4. The van der Waals surface area contributed by atoms with Crippen molar-refractivity contribution >= 4 is 29.5 Å². The van der Waals surface area contributed by atoms with Gasteiger partial charge < -0.3 is 14.8 Å². The monoisotopic (exact) mass is 375 g/mol. The molecule has 136 valence electrons. The van der Waals surface area contributed by atoms with Gasteiger partial charge in [0.2, 0.25) is 0 Å². The zero-order valence-corrected chi connectivity index (χ0v) is 15.1. The Morgan fingerprint density at radius 2 is 1.96 bits per heavy atom. The molecule has 26 heavy (non-hydrogen) atoms. The Labute approximate surface area is 156 Å². The molecule has 0 aromatic heterocycles. The first-order valence-electron chi connectivity index (χ1n) is 7.76. The van der Waals surface area contributed by atoms with Gasteiger partial charge in [0.05, 0.1) is 18.9 Å². The van der Waals surface area contributed by atoms with E-state index in [0.29, 0.717) is 17.4 Å². The summed E-state index contributed by atoms with van der Waals surface area (Å²) in [5.41, 5.74) is 3.63. The first kappa shape index (κ1) is 19.3. The van der Waals surface area contributed by atoms with E-state index in [1.807, 2.05) is 6.92 Å². The lowest BCUT2D eigenvalue weighted by Crippen LogP contribution is -2.31. The lowest BCUT2D eigenvalue weighted by molar-refractivity contribution is 0.0729. The number of carbonyl (C=O) groups excluding carboxylic acids is 1. The van der Waals surface area contributed by atoms with Crippen LogP contribution in [0.15, 0.2) is 47.6 Å². The van der Waals surface area contributed by atoms with Gasteiger partial charge in [-0.25, -0.2) is 9.18 Å². The van der Waals surface area contributed by atoms with Crippen LogP contribution in [0.5, 0.6) is 11.5 Å². The number of hydrogen-bond acceptors (Lipinski definition) is 5. The average molecular weight is 375 g/mol. The van der Waals surface area contributed by atoms with Crippen LogP contribution in [-0.4, -0.2) is 31.0 Å². The fraction of sp³-hybridized carbons (Fsp3) is 0.167. The standard InChI is InChI=1S/C18H18FN3O3S/c1-3-20-18(26)22-21-11-12-4-9-15(16(10-12)24-2)25-17(23)13-5-7-14(19)8-6-13/h4-11H,3H2,1-2H3,(H2,20,22,26)/b21-11-. The molecule has 0 atom stereocenters. The second kappa shape index (κ2) is 9.47. The molecule has 0 heterocycles. The topological polar surface area (TPSA) is 72.0 Å². The molecule has 0 saturated heterocycles. The number of rotatable bonds is 6. The summed E-state index contributed by atoms with van der Waals surface area (Å²) in [6.45, 7) is 2.62. The number of methoxy groups -OCH3 is 1. The fourth-order valence-electron chi connectivity index (χ4n) is 1.96. The summed E-state index contributed by atoms with van der Waals surface area (Å²) < 4.78 is 23.5. The van der Waals surface area contributed by atoms with Crippen LogP contribution >= 0.6 is 12.2 Å². The zero-order chi connectivity index (χ0) is 18.9. The summed E-state index contributed by atoms with van der Waals surface area (Å²) in [6.07, 6.45) is 1.55. The molecule has 2 rings (SSSR count). The van der Waals surface area contributed by atoms with E-state index >= 15 is 0 Å². The van der Waals surface area contributed by atoms with Crippen molar-refractivity contribution in [2.75, 3.05) is 13.7 Å². The van der Waals surface area contributed by atoms with Gasteiger partial charge in [0.1, 0.15) is 5.82 Å². The SMILES string of the molecule is CCNC(=S)N/N=C\c1ccc(OC(=O)c2ccc(F)cc2)c(OC)c1. The molecule has 0 unspecified atom stereocenters. The Kier molecular flexibility index (Phi) is 7.04. The van der Waals surface area contributed by atoms with E-state index in [4.69, 9.17) is 21.7 Å². The Balaban J connectivity index is 2.08. The first-order chi connectivity index (χ1) is 12.5. The van der Waals surface area contributed by atoms with Crippen molar-refractivity contribution in [1.82, 2.24) is 10.7 Å². The zero-order valence-electron chi connectivity index (χ0n) is 14.3. The van der Waals surface area contributed by atoms with E-state index < -0.39 is 11.8 Å². The molecule has 0 amide bonds. The second-order valence-electron chi connectivity index (χ2n) is 5.04. The Morgan fingerprint density at radius 1 is 1.23 bits per heavy atom. The molecule has 0 aliphatic heterocycles. The van der Waals surface area contributed by atoms with Gasteiger partial charge in [-0.05, 0) is 67.2 Å². The number of esters is 1. The third-order valence-corrected chi connectivity index (χ3v) is 3.42. The van der Waals surface area contributed by atoms with E-state index in [2.05, 4.69) is 15.8 Å². The van der Waals surface area contributed by atoms with Gasteiger partial charge in [-0.2, -0.15) is 5.10 Å². The maximum absolute atomic E-state index is 12.9. The highest BCUT2D eigenvalue weighted by Gasteiger charge is 2.13. The number of benzene rings is 2. The molecule has 0 aliphatic carbocycles. The second-order valence-corrected chi connectivity index (χ2v) is 5.44. The fourth-order valence-corrected chi connectivity index (χ4v) is 2.16. The lowest BCUT2D eigenvalue weighted by Gasteiger charge is -2.10. The van der Waals surface area contributed by atoms with Gasteiger partial charge in [-0.3, -0.25) is 5.43 Å². The number of ether oxygens (including phenoxy) is 2. The highest BCUT2D eigenvalue weighted by molar-refractivity contribution is 7.80. The molecule has 8 heteroatoms. The largest absolute Gasteiger partial charge is 0.493 e. The van der Waals surface area contributed by atoms with E-state index in [-0.39, 0.29) is 11.3 Å². The number of carbonyl (C=O) groups is 1. The van der Waals surface area contributed by atoms with Crippen LogP contribution in [-0.2, 0) is 0 Å². The van der Waals surface area contributed by atoms with Crippen LogP contribution in [0.2, 0.25) is 0 Å². The predicted octanol–water partition coefficient (Wildman–Crippen LogP) is 2.87. The minimum atomic E-state index is -0.609. The van der Waals surface area contributed by atoms with Crippen LogP contribution in [0.25, 0.3) is 0 Å². The smallest absolute Gasteiger partial charge is 0.343 e. The van der Waals surface area contributed by atoms with Gasteiger partial charge in [-0.15, -0.1) is 0 Å². The molecule has 0 radical (unpaired) electrons. The molecule has 6 nitrogen and oxygen atoms in total. The third-order valence-electron chi connectivity index (χ3n) is 3.19. The highest BCUT2D eigenvalue weighted by atomic mass is 32.1. The van der Waals surface area contributed by atoms with E-state index in [1.54, 1.807) is 24.4 Å². The molecule has 0 spiro atoms. The van der Waals surface area contributed by atoms with Gasteiger partial charge >= 0.3 is 5.97 Å². The Hall–Kier alpha value is -3.00. The van der Waals surface area contributed by atoms with Crippen LogP contribution < -0.4 is 20.2 Å².